The first-order valence-electron chi connectivity index (χ1n) is 7.09. The normalized spacial score (nSPS) is 23.8. The molecule has 3 N–H and O–H groups in total. The number of amides is 1. The summed E-state index contributed by atoms with van der Waals surface area (Å²) in [5, 5.41) is 16.4. The van der Waals surface area contributed by atoms with Crippen molar-refractivity contribution < 1.29 is 14.6 Å². The number of fused-ring (bicyclic) bond motifs is 1. The summed E-state index contributed by atoms with van der Waals surface area (Å²) in [6.07, 6.45) is 1.85. The van der Waals surface area contributed by atoms with Gasteiger partial charge in [-0.3, -0.25) is 4.79 Å². The van der Waals surface area contributed by atoms with Crippen molar-refractivity contribution in [3.63, 3.8) is 0 Å². The third kappa shape index (κ3) is 2.78. The molecular formula is C15H20N2O3. The minimum atomic E-state index is -0.820. The fourth-order valence-corrected chi connectivity index (χ4v) is 2.76. The van der Waals surface area contributed by atoms with Crippen LogP contribution in [0.3, 0.4) is 0 Å². The second kappa shape index (κ2) is 5.42. The van der Waals surface area contributed by atoms with E-state index in [4.69, 9.17) is 4.74 Å². The molecule has 5 nitrogen and oxygen atoms in total. The fraction of sp³-hybridized carbons (Fsp3) is 0.533. The van der Waals surface area contributed by atoms with Gasteiger partial charge in [-0.1, -0.05) is 18.2 Å². The third-order valence-corrected chi connectivity index (χ3v) is 4.10. The average molecular weight is 276 g/mol. The number of para-hydroxylation sites is 1. The standard InChI is InChI=1S/C15H20N2O3/c18-14(16-10-15(19)5-7-20-8-6-15)13-9-11-3-1-2-4-12(11)17-13/h1-4,13,17,19H,5-10H2,(H,16,18)/t13-/m0/s1. The van der Waals surface area contributed by atoms with Gasteiger partial charge < -0.3 is 20.5 Å². The van der Waals surface area contributed by atoms with Gasteiger partial charge in [-0.2, -0.15) is 0 Å². The molecule has 1 fully saturated rings. The van der Waals surface area contributed by atoms with Crippen molar-refractivity contribution in [2.45, 2.75) is 30.9 Å². The quantitative estimate of drug-likeness (QED) is 0.759. The summed E-state index contributed by atoms with van der Waals surface area (Å²) in [6, 6.07) is 7.70. The number of benzene rings is 1. The van der Waals surface area contributed by atoms with Crippen molar-refractivity contribution in [3.05, 3.63) is 29.8 Å². The summed E-state index contributed by atoms with van der Waals surface area (Å²) in [6.45, 7) is 1.41. The summed E-state index contributed by atoms with van der Waals surface area (Å²) in [7, 11) is 0. The van der Waals surface area contributed by atoms with E-state index in [0.717, 1.165) is 11.3 Å². The minimum Gasteiger partial charge on any atom is -0.388 e. The summed E-state index contributed by atoms with van der Waals surface area (Å²) < 4.78 is 5.23. The second-order valence-electron chi connectivity index (χ2n) is 5.61. The number of carbonyl (C=O) groups excluding carboxylic acids is 1. The van der Waals surface area contributed by atoms with Gasteiger partial charge >= 0.3 is 0 Å². The molecule has 1 saturated heterocycles. The molecule has 5 heteroatoms. The highest BCUT2D eigenvalue weighted by atomic mass is 16.5. The molecule has 0 unspecified atom stereocenters. The maximum Gasteiger partial charge on any atom is 0.242 e. The third-order valence-electron chi connectivity index (χ3n) is 4.10. The zero-order chi connectivity index (χ0) is 14.0. The van der Waals surface area contributed by atoms with E-state index in [0.29, 0.717) is 39.0 Å². The Morgan fingerprint density at radius 2 is 2.15 bits per heavy atom. The largest absolute Gasteiger partial charge is 0.388 e. The van der Waals surface area contributed by atoms with E-state index in [1.54, 1.807) is 0 Å². The first-order chi connectivity index (χ1) is 9.66. The van der Waals surface area contributed by atoms with E-state index in [2.05, 4.69) is 10.6 Å². The summed E-state index contributed by atoms with van der Waals surface area (Å²) >= 11 is 0. The Balaban J connectivity index is 1.53. The Hall–Kier alpha value is -1.59. The van der Waals surface area contributed by atoms with Crippen LogP contribution in [0.25, 0.3) is 0 Å². The van der Waals surface area contributed by atoms with Crippen molar-refractivity contribution in [1.82, 2.24) is 5.32 Å². The van der Waals surface area contributed by atoms with Crippen molar-refractivity contribution in [2.24, 2.45) is 0 Å². The molecule has 20 heavy (non-hydrogen) atoms. The number of carbonyl (C=O) groups is 1. The summed E-state index contributed by atoms with van der Waals surface area (Å²) in [5.41, 5.74) is 1.37. The summed E-state index contributed by atoms with van der Waals surface area (Å²) in [4.78, 5) is 12.2. The molecule has 0 aliphatic carbocycles. The number of anilines is 1. The molecule has 1 aromatic carbocycles. The summed E-state index contributed by atoms with van der Waals surface area (Å²) in [5.74, 6) is -0.0545. The van der Waals surface area contributed by atoms with Crippen LogP contribution in [0.15, 0.2) is 24.3 Å². The molecule has 2 heterocycles. The minimum absolute atomic E-state index is 0.0545. The smallest absolute Gasteiger partial charge is 0.242 e. The Bertz CT molecular complexity index is 473. The maximum absolute atomic E-state index is 12.2. The van der Waals surface area contributed by atoms with Gasteiger partial charge in [0.2, 0.25) is 5.91 Å². The highest BCUT2D eigenvalue weighted by Crippen LogP contribution is 2.25. The van der Waals surface area contributed by atoms with Crippen LogP contribution in [0.5, 0.6) is 0 Å². The molecule has 0 saturated carbocycles. The van der Waals surface area contributed by atoms with Crippen LogP contribution in [-0.4, -0.2) is 42.4 Å². The van der Waals surface area contributed by atoms with Crippen molar-refractivity contribution in [2.75, 3.05) is 25.1 Å². The van der Waals surface area contributed by atoms with Gasteiger partial charge in [0, 0.05) is 44.7 Å². The molecule has 3 rings (SSSR count). The first kappa shape index (κ1) is 13.4. The molecule has 0 aromatic heterocycles. The van der Waals surface area contributed by atoms with Crippen LogP contribution in [0, 0.1) is 0 Å². The molecule has 1 atom stereocenters. The molecule has 2 aliphatic heterocycles. The number of ether oxygens (including phenoxy) is 1. The lowest BCUT2D eigenvalue weighted by Crippen LogP contribution is -2.49. The van der Waals surface area contributed by atoms with Crippen molar-refractivity contribution >= 4 is 11.6 Å². The zero-order valence-corrected chi connectivity index (χ0v) is 11.4. The Morgan fingerprint density at radius 3 is 2.90 bits per heavy atom. The zero-order valence-electron chi connectivity index (χ0n) is 11.4. The van der Waals surface area contributed by atoms with Crippen LogP contribution in [0.4, 0.5) is 5.69 Å². The van der Waals surface area contributed by atoms with Crippen LogP contribution in [0.1, 0.15) is 18.4 Å². The predicted octanol–water partition coefficient (Wildman–Crippen LogP) is 0.681. The van der Waals surface area contributed by atoms with Gasteiger partial charge in [-0.15, -0.1) is 0 Å². The van der Waals surface area contributed by atoms with Gasteiger partial charge in [0.25, 0.3) is 0 Å². The van der Waals surface area contributed by atoms with E-state index in [9.17, 15) is 9.90 Å². The average Bonchev–Trinajstić information content (AvgIpc) is 2.89. The highest BCUT2D eigenvalue weighted by Gasteiger charge is 2.32. The van der Waals surface area contributed by atoms with Crippen LogP contribution in [0.2, 0.25) is 0 Å². The van der Waals surface area contributed by atoms with Gasteiger partial charge in [-0.25, -0.2) is 0 Å². The molecule has 2 aliphatic rings. The highest BCUT2D eigenvalue weighted by molar-refractivity contribution is 5.87. The lowest BCUT2D eigenvalue weighted by Gasteiger charge is -2.32. The van der Waals surface area contributed by atoms with E-state index in [1.807, 2.05) is 24.3 Å². The molecule has 1 amide bonds. The SMILES string of the molecule is O=C(NCC1(O)CCOCC1)[C@@H]1Cc2ccccc2N1. The van der Waals surface area contributed by atoms with Crippen LogP contribution in [-0.2, 0) is 16.0 Å². The van der Waals surface area contributed by atoms with E-state index < -0.39 is 5.60 Å². The molecule has 108 valence electrons. The molecular weight excluding hydrogens is 256 g/mol. The maximum atomic E-state index is 12.2. The van der Waals surface area contributed by atoms with Crippen molar-refractivity contribution in [1.29, 1.82) is 0 Å². The number of aliphatic hydroxyl groups is 1. The molecule has 0 spiro atoms. The van der Waals surface area contributed by atoms with E-state index >= 15 is 0 Å². The van der Waals surface area contributed by atoms with Crippen LogP contribution >= 0.6 is 0 Å². The lowest BCUT2D eigenvalue weighted by molar-refractivity contribution is -0.124. The van der Waals surface area contributed by atoms with E-state index in [-0.39, 0.29) is 11.9 Å². The Morgan fingerprint density at radius 1 is 1.40 bits per heavy atom. The number of rotatable bonds is 3. The molecule has 0 bridgehead atoms. The first-order valence-corrected chi connectivity index (χ1v) is 7.09. The van der Waals surface area contributed by atoms with Gasteiger partial charge in [0.05, 0.1) is 5.60 Å². The topological polar surface area (TPSA) is 70.6 Å². The predicted molar refractivity (Wildman–Crippen MR) is 75.6 cm³/mol. The number of nitrogens with one attached hydrogen (secondary N) is 2. The van der Waals surface area contributed by atoms with Gasteiger partial charge in [0.15, 0.2) is 0 Å². The Kier molecular flexibility index (Phi) is 3.63. The number of hydrogen-bond donors (Lipinski definition) is 3. The van der Waals surface area contributed by atoms with Gasteiger partial charge in [0.1, 0.15) is 6.04 Å². The molecule has 1 aromatic rings. The second-order valence-corrected chi connectivity index (χ2v) is 5.61. The monoisotopic (exact) mass is 276 g/mol. The molecule has 0 radical (unpaired) electrons. The van der Waals surface area contributed by atoms with Crippen LogP contribution < -0.4 is 10.6 Å². The van der Waals surface area contributed by atoms with Gasteiger partial charge in [-0.05, 0) is 11.6 Å². The van der Waals surface area contributed by atoms with E-state index in [1.165, 1.54) is 0 Å². The van der Waals surface area contributed by atoms with Crippen molar-refractivity contribution in [3.8, 4) is 0 Å². The fourth-order valence-electron chi connectivity index (χ4n) is 2.76. The lowest BCUT2D eigenvalue weighted by atomic mass is 9.94. The number of hydrogen-bond acceptors (Lipinski definition) is 4. The Labute approximate surface area is 118 Å².